The first-order valence-corrected chi connectivity index (χ1v) is 7.47. The fraction of sp³-hybridized carbons (Fsp3) is 0.636. The predicted octanol–water partition coefficient (Wildman–Crippen LogP) is 0.614. The minimum absolute atomic E-state index is 0.0627. The van der Waals surface area contributed by atoms with Crippen LogP contribution in [-0.2, 0) is 19.6 Å². The lowest BCUT2D eigenvalue weighted by atomic mass is 10.4. The molecule has 0 amide bonds. The quantitative estimate of drug-likeness (QED) is 0.775. The molecule has 1 aromatic rings. The van der Waals surface area contributed by atoms with E-state index in [-0.39, 0.29) is 24.1 Å². The number of hydrogen-bond donors (Lipinski definition) is 1. The molecule has 0 aromatic carbocycles. The molecule has 0 aliphatic rings. The van der Waals surface area contributed by atoms with Gasteiger partial charge in [0.1, 0.15) is 11.4 Å². The molecule has 0 bridgehead atoms. The summed E-state index contributed by atoms with van der Waals surface area (Å²) in [6.07, 6.45) is 1.45. The molecule has 1 rings (SSSR count). The molecule has 7 nitrogen and oxygen atoms in total. The van der Waals surface area contributed by atoms with Gasteiger partial charge in [-0.15, -0.1) is 0 Å². The highest BCUT2D eigenvalue weighted by atomic mass is 32.2. The molecule has 108 valence electrons. The molecule has 0 saturated heterocycles. The fourth-order valence-corrected chi connectivity index (χ4v) is 2.58. The van der Waals surface area contributed by atoms with Gasteiger partial charge in [-0.05, 0) is 27.7 Å². The molecule has 0 saturated carbocycles. The Morgan fingerprint density at radius 1 is 1.53 bits per heavy atom. The smallest absolute Gasteiger partial charge is 0.321 e. The topological polar surface area (TPSA) is 90.3 Å². The Kier molecular flexibility index (Phi) is 5.07. The van der Waals surface area contributed by atoms with Crippen molar-refractivity contribution in [1.82, 2.24) is 14.5 Å². The van der Waals surface area contributed by atoms with Crippen LogP contribution < -0.4 is 4.72 Å². The Labute approximate surface area is 113 Å². The molecule has 1 heterocycles. The van der Waals surface area contributed by atoms with Crippen LogP contribution in [-0.4, -0.2) is 37.3 Å². The van der Waals surface area contributed by atoms with E-state index >= 15 is 0 Å². The van der Waals surface area contributed by atoms with Gasteiger partial charge in [0.2, 0.25) is 10.0 Å². The van der Waals surface area contributed by atoms with Crippen LogP contribution in [0.4, 0.5) is 0 Å². The number of ether oxygens (including phenoxy) is 1. The molecule has 1 N–H and O–H groups in total. The Balaban J connectivity index is 2.86. The lowest BCUT2D eigenvalue weighted by Crippen LogP contribution is -2.30. The largest absolute Gasteiger partial charge is 0.465 e. The molecular weight excluding hydrogens is 270 g/mol. The summed E-state index contributed by atoms with van der Waals surface area (Å²) in [5.74, 6) is -0.611. The SMILES string of the molecule is CCOC(=O)CNS(=O)(=O)c1cn(C(C)C)nc1C. The number of esters is 1. The van der Waals surface area contributed by atoms with E-state index in [2.05, 4.69) is 14.6 Å². The zero-order valence-electron chi connectivity index (χ0n) is 11.5. The van der Waals surface area contributed by atoms with E-state index in [0.29, 0.717) is 5.69 Å². The summed E-state index contributed by atoms with van der Waals surface area (Å²) < 4.78 is 32.5. The zero-order chi connectivity index (χ0) is 14.6. The highest BCUT2D eigenvalue weighted by Gasteiger charge is 2.21. The second kappa shape index (κ2) is 6.16. The maximum atomic E-state index is 12.0. The number of hydrogen-bond acceptors (Lipinski definition) is 5. The first-order valence-electron chi connectivity index (χ1n) is 5.99. The van der Waals surface area contributed by atoms with Gasteiger partial charge in [0.05, 0.1) is 12.3 Å². The summed E-state index contributed by atoms with van der Waals surface area (Å²) in [5.41, 5.74) is 0.394. The molecule has 1 aromatic heterocycles. The van der Waals surface area contributed by atoms with E-state index in [4.69, 9.17) is 0 Å². The Bertz CT molecular complexity index is 548. The van der Waals surface area contributed by atoms with Gasteiger partial charge in [0.15, 0.2) is 0 Å². The Hall–Kier alpha value is -1.41. The molecule has 19 heavy (non-hydrogen) atoms. The minimum Gasteiger partial charge on any atom is -0.465 e. The third kappa shape index (κ3) is 4.03. The molecule has 0 atom stereocenters. The number of nitrogens with zero attached hydrogens (tertiary/aromatic N) is 2. The molecule has 0 radical (unpaired) electrons. The standard InChI is InChI=1S/C11H19N3O4S/c1-5-18-11(15)6-12-19(16,17)10-7-14(8(2)3)13-9(10)4/h7-8,12H,5-6H2,1-4H3. The first kappa shape index (κ1) is 15.6. The lowest BCUT2D eigenvalue weighted by Gasteiger charge is -2.05. The maximum Gasteiger partial charge on any atom is 0.321 e. The summed E-state index contributed by atoms with van der Waals surface area (Å²) in [6.45, 7) is 6.89. The predicted molar refractivity (Wildman–Crippen MR) is 69.2 cm³/mol. The van der Waals surface area contributed by atoms with Crippen molar-refractivity contribution in [1.29, 1.82) is 0 Å². The van der Waals surface area contributed by atoms with Gasteiger partial charge in [-0.3, -0.25) is 9.48 Å². The molecular formula is C11H19N3O4S. The number of carbonyl (C=O) groups is 1. The van der Waals surface area contributed by atoms with E-state index in [1.165, 1.54) is 6.20 Å². The molecule has 0 unspecified atom stereocenters. The number of carbonyl (C=O) groups excluding carboxylic acids is 1. The summed E-state index contributed by atoms with van der Waals surface area (Å²) in [6, 6.07) is 0.0627. The zero-order valence-corrected chi connectivity index (χ0v) is 12.3. The van der Waals surface area contributed by atoms with Gasteiger partial charge in [0.25, 0.3) is 0 Å². The van der Waals surface area contributed by atoms with E-state index in [1.54, 1.807) is 18.5 Å². The van der Waals surface area contributed by atoms with Crippen molar-refractivity contribution in [3.63, 3.8) is 0 Å². The normalized spacial score (nSPS) is 11.8. The molecule has 0 fully saturated rings. The van der Waals surface area contributed by atoms with Gasteiger partial charge in [-0.1, -0.05) is 0 Å². The van der Waals surface area contributed by atoms with Gasteiger partial charge in [-0.2, -0.15) is 9.82 Å². The third-order valence-corrected chi connectivity index (χ3v) is 3.91. The average molecular weight is 289 g/mol. The summed E-state index contributed by atoms with van der Waals surface area (Å²) in [4.78, 5) is 11.2. The van der Waals surface area contributed by atoms with Crippen molar-refractivity contribution in [3.05, 3.63) is 11.9 Å². The van der Waals surface area contributed by atoms with Crippen LogP contribution in [0.2, 0.25) is 0 Å². The lowest BCUT2D eigenvalue weighted by molar-refractivity contribution is -0.141. The summed E-state index contributed by atoms with van der Waals surface area (Å²) in [5, 5.41) is 4.12. The Morgan fingerprint density at radius 2 is 2.16 bits per heavy atom. The number of aromatic nitrogens is 2. The second-order valence-corrected chi connectivity index (χ2v) is 6.02. The Morgan fingerprint density at radius 3 is 2.63 bits per heavy atom. The van der Waals surface area contributed by atoms with Crippen LogP contribution in [0, 0.1) is 6.92 Å². The highest BCUT2D eigenvalue weighted by molar-refractivity contribution is 7.89. The van der Waals surface area contributed by atoms with Crippen molar-refractivity contribution in [3.8, 4) is 0 Å². The van der Waals surface area contributed by atoms with E-state index in [0.717, 1.165) is 0 Å². The van der Waals surface area contributed by atoms with Crippen molar-refractivity contribution < 1.29 is 17.9 Å². The number of aryl methyl sites for hydroxylation is 1. The number of nitrogens with one attached hydrogen (secondary N) is 1. The van der Waals surface area contributed by atoms with Crippen LogP contribution in [0.5, 0.6) is 0 Å². The first-order chi connectivity index (χ1) is 8.77. The van der Waals surface area contributed by atoms with Crippen molar-refractivity contribution in [2.45, 2.75) is 38.6 Å². The minimum atomic E-state index is -3.75. The van der Waals surface area contributed by atoms with E-state index in [1.807, 2.05) is 13.8 Å². The molecule has 0 aliphatic carbocycles. The fourth-order valence-electron chi connectivity index (χ4n) is 1.44. The van der Waals surface area contributed by atoms with Crippen LogP contribution in [0.25, 0.3) is 0 Å². The summed E-state index contributed by atoms with van der Waals surface area (Å²) >= 11 is 0. The molecule has 0 spiro atoms. The molecule has 8 heteroatoms. The van der Waals surface area contributed by atoms with Gasteiger partial charge >= 0.3 is 5.97 Å². The monoisotopic (exact) mass is 289 g/mol. The highest BCUT2D eigenvalue weighted by Crippen LogP contribution is 2.15. The van der Waals surface area contributed by atoms with Crippen molar-refractivity contribution in [2.24, 2.45) is 0 Å². The number of sulfonamides is 1. The number of rotatable bonds is 6. The van der Waals surface area contributed by atoms with Crippen LogP contribution >= 0.6 is 0 Å². The maximum absolute atomic E-state index is 12.0. The van der Waals surface area contributed by atoms with Crippen molar-refractivity contribution >= 4 is 16.0 Å². The van der Waals surface area contributed by atoms with Crippen LogP contribution in [0.3, 0.4) is 0 Å². The second-order valence-electron chi connectivity index (χ2n) is 4.28. The van der Waals surface area contributed by atoms with Crippen LogP contribution in [0.15, 0.2) is 11.1 Å². The average Bonchev–Trinajstić information content (AvgIpc) is 2.70. The van der Waals surface area contributed by atoms with E-state index in [9.17, 15) is 13.2 Å². The van der Waals surface area contributed by atoms with Gasteiger partial charge in [-0.25, -0.2) is 8.42 Å². The molecule has 0 aliphatic heterocycles. The van der Waals surface area contributed by atoms with Crippen molar-refractivity contribution in [2.75, 3.05) is 13.2 Å². The van der Waals surface area contributed by atoms with Crippen LogP contribution in [0.1, 0.15) is 32.5 Å². The van der Waals surface area contributed by atoms with Gasteiger partial charge in [0, 0.05) is 12.2 Å². The third-order valence-electron chi connectivity index (χ3n) is 2.40. The van der Waals surface area contributed by atoms with E-state index < -0.39 is 16.0 Å². The summed E-state index contributed by atoms with van der Waals surface area (Å²) in [7, 11) is -3.75. The van der Waals surface area contributed by atoms with Gasteiger partial charge < -0.3 is 4.74 Å².